The van der Waals surface area contributed by atoms with E-state index in [0.717, 1.165) is 18.3 Å². The molecule has 1 aromatic carbocycles. The number of carbonyl (C=O) groups excluding carboxylic acids is 1. The number of nitrogens with one attached hydrogen (secondary N) is 1. The number of hydrogen-bond donors (Lipinski definition) is 1. The molecule has 0 saturated heterocycles. The Labute approximate surface area is 148 Å². The third kappa shape index (κ3) is 4.77. The topological polar surface area (TPSA) is 118 Å². The quantitative estimate of drug-likeness (QED) is 0.632. The van der Waals surface area contributed by atoms with Gasteiger partial charge < -0.3 is 24.3 Å². The molecule has 10 nitrogen and oxygen atoms in total. The van der Waals surface area contributed by atoms with Crippen molar-refractivity contribution in [1.29, 1.82) is 0 Å². The fourth-order valence-electron chi connectivity index (χ4n) is 2.30. The van der Waals surface area contributed by atoms with Crippen LogP contribution in [0.1, 0.15) is 0 Å². The van der Waals surface area contributed by atoms with Gasteiger partial charge in [0.1, 0.15) is 18.6 Å². The van der Waals surface area contributed by atoms with E-state index in [1.807, 2.05) is 0 Å². The molecule has 13 heteroatoms. The summed E-state index contributed by atoms with van der Waals surface area (Å²) in [5.74, 6) is -0.909. The molecule has 1 amide bonds. The van der Waals surface area contributed by atoms with Crippen molar-refractivity contribution in [2.45, 2.75) is 19.0 Å². The average Bonchev–Trinajstić information content (AvgIpc) is 2.97. The second kappa shape index (κ2) is 7.01. The number of nitro groups is 1. The van der Waals surface area contributed by atoms with E-state index in [1.165, 1.54) is 16.7 Å². The van der Waals surface area contributed by atoms with Crippen molar-refractivity contribution < 1.29 is 37.1 Å². The maximum absolute atomic E-state index is 12.2. The van der Waals surface area contributed by atoms with Crippen molar-refractivity contribution in [2.75, 3.05) is 11.9 Å². The van der Waals surface area contributed by atoms with Gasteiger partial charge in [0.2, 0.25) is 0 Å². The second-order valence-electron chi connectivity index (χ2n) is 5.33. The number of benzene rings is 1. The number of amides is 1. The molecule has 2 aromatic rings. The zero-order valence-electron chi connectivity index (χ0n) is 13.3. The van der Waals surface area contributed by atoms with Crippen LogP contribution in [0.2, 0.25) is 0 Å². The number of aromatic nitrogens is 2. The zero-order chi connectivity index (χ0) is 19.6. The van der Waals surface area contributed by atoms with Gasteiger partial charge in [-0.2, -0.15) is 0 Å². The maximum Gasteiger partial charge on any atom is 0.573 e. The van der Waals surface area contributed by atoms with Gasteiger partial charge in [-0.25, -0.2) is 4.79 Å². The van der Waals surface area contributed by atoms with Crippen LogP contribution in [0.4, 0.5) is 29.5 Å². The molecule has 1 aliphatic heterocycles. The molecule has 0 spiro atoms. The minimum atomic E-state index is -4.86. The Balaban J connectivity index is 1.58. The van der Waals surface area contributed by atoms with Gasteiger partial charge in [-0.15, -0.1) is 13.2 Å². The lowest BCUT2D eigenvalue weighted by Gasteiger charge is -2.22. The van der Waals surface area contributed by atoms with Crippen LogP contribution in [0.5, 0.6) is 11.8 Å². The fraction of sp³-hybridized carbons (Fsp3) is 0.286. The summed E-state index contributed by atoms with van der Waals surface area (Å²) in [6.45, 7) is -0.0143. The molecule has 27 heavy (non-hydrogen) atoms. The summed E-state index contributed by atoms with van der Waals surface area (Å²) in [6.07, 6.45) is -5.43. The smallest absolute Gasteiger partial charge is 0.442 e. The largest absolute Gasteiger partial charge is 0.573 e. The minimum Gasteiger partial charge on any atom is -0.442 e. The number of carbonyl (C=O) groups is 1. The molecule has 144 valence electrons. The second-order valence-corrected chi connectivity index (χ2v) is 5.33. The zero-order valence-corrected chi connectivity index (χ0v) is 13.3. The monoisotopic (exact) mass is 388 g/mol. The summed E-state index contributed by atoms with van der Waals surface area (Å²) in [7, 11) is 0. The van der Waals surface area contributed by atoms with Crippen LogP contribution >= 0.6 is 0 Å². The summed E-state index contributed by atoms with van der Waals surface area (Å²) in [5, 5.41) is 13.0. The number of fused-ring (bicyclic) bond motifs is 1. The number of hydrogen-bond acceptors (Lipinski definition) is 7. The molecular weight excluding hydrogens is 377 g/mol. The lowest BCUT2D eigenvalue weighted by atomic mass is 10.3. The molecule has 0 bridgehead atoms. The van der Waals surface area contributed by atoms with Crippen LogP contribution in [0, 0.1) is 10.1 Å². The van der Waals surface area contributed by atoms with Crippen LogP contribution in [-0.2, 0) is 11.3 Å². The highest BCUT2D eigenvalue weighted by molar-refractivity contribution is 5.85. The van der Waals surface area contributed by atoms with E-state index in [2.05, 4.69) is 15.0 Å². The Morgan fingerprint density at radius 2 is 2.22 bits per heavy atom. The number of nitrogens with zero attached hydrogens (tertiary/aromatic N) is 3. The van der Waals surface area contributed by atoms with Crippen LogP contribution in [0.15, 0.2) is 30.5 Å². The number of halogens is 3. The summed E-state index contributed by atoms with van der Waals surface area (Å²) < 4.78 is 52.0. The molecular formula is C14H11F3N4O6. The first-order valence-corrected chi connectivity index (χ1v) is 7.37. The van der Waals surface area contributed by atoms with E-state index >= 15 is 0 Å². The highest BCUT2D eigenvalue weighted by Crippen LogP contribution is 2.26. The first-order chi connectivity index (χ1) is 12.7. The van der Waals surface area contributed by atoms with Gasteiger partial charge in [-0.3, -0.25) is 9.88 Å². The lowest BCUT2D eigenvalue weighted by molar-refractivity contribution is -0.389. The summed E-state index contributed by atoms with van der Waals surface area (Å²) in [5.41, 5.74) is 0.0254. The van der Waals surface area contributed by atoms with Crippen LogP contribution in [0.3, 0.4) is 0 Å². The number of rotatable bonds is 4. The molecule has 2 heterocycles. The highest BCUT2D eigenvalue weighted by atomic mass is 19.4. The molecule has 0 unspecified atom stereocenters. The Hall–Kier alpha value is -3.51. The molecule has 0 saturated carbocycles. The van der Waals surface area contributed by atoms with Gasteiger partial charge >= 0.3 is 24.3 Å². The van der Waals surface area contributed by atoms with Gasteiger partial charge in [0.05, 0.1) is 6.54 Å². The third-order valence-corrected chi connectivity index (χ3v) is 3.30. The van der Waals surface area contributed by atoms with Crippen LogP contribution in [-0.4, -0.2) is 39.6 Å². The van der Waals surface area contributed by atoms with Crippen molar-refractivity contribution in [1.82, 2.24) is 9.55 Å². The van der Waals surface area contributed by atoms with Gasteiger partial charge in [-0.05, 0) is 17.1 Å². The standard InChI is InChI=1S/C14H11F3N4O6/c15-14(16,17)27-9-3-1-2-8(4-9)18-13(22)26-10-5-20-6-11(21(23)24)19-12(20)25-7-10/h1-4,6,10H,5,7H2,(H,18,22)/t10-/m0/s1. The first kappa shape index (κ1) is 18.3. The Morgan fingerprint density at radius 1 is 1.44 bits per heavy atom. The van der Waals surface area contributed by atoms with E-state index in [1.54, 1.807) is 0 Å². The summed E-state index contributed by atoms with van der Waals surface area (Å²) in [4.78, 5) is 25.6. The summed E-state index contributed by atoms with van der Waals surface area (Å²) >= 11 is 0. The van der Waals surface area contributed by atoms with Crippen LogP contribution < -0.4 is 14.8 Å². The van der Waals surface area contributed by atoms with Gasteiger partial charge in [0.15, 0.2) is 6.10 Å². The van der Waals surface area contributed by atoms with Gasteiger partial charge in [0, 0.05) is 16.7 Å². The normalized spacial score (nSPS) is 16.0. The van der Waals surface area contributed by atoms with Gasteiger partial charge in [-0.1, -0.05) is 6.07 Å². The summed E-state index contributed by atoms with van der Waals surface area (Å²) in [6, 6.07) is 4.69. The number of anilines is 1. The Morgan fingerprint density at radius 3 is 2.93 bits per heavy atom. The predicted octanol–water partition coefficient (Wildman–Crippen LogP) is 2.70. The molecule has 0 fully saturated rings. The van der Waals surface area contributed by atoms with E-state index in [4.69, 9.17) is 9.47 Å². The number of ether oxygens (including phenoxy) is 3. The van der Waals surface area contributed by atoms with Crippen molar-refractivity contribution >= 4 is 17.6 Å². The maximum atomic E-state index is 12.2. The third-order valence-electron chi connectivity index (χ3n) is 3.30. The van der Waals surface area contributed by atoms with Crippen molar-refractivity contribution in [3.63, 3.8) is 0 Å². The minimum absolute atomic E-state index is 0.0254. The van der Waals surface area contributed by atoms with E-state index in [0.29, 0.717) is 0 Å². The first-order valence-electron chi connectivity index (χ1n) is 7.37. The van der Waals surface area contributed by atoms with Crippen molar-refractivity contribution in [3.8, 4) is 11.8 Å². The SMILES string of the molecule is O=C(Nc1cccc(OC(F)(F)F)c1)O[C@@H]1COc2nc([N+](=O)[O-])cn2C1. The molecule has 1 N–H and O–H groups in total. The molecule has 1 aromatic heterocycles. The van der Waals surface area contributed by atoms with Crippen molar-refractivity contribution in [3.05, 3.63) is 40.6 Å². The van der Waals surface area contributed by atoms with Crippen LogP contribution in [0.25, 0.3) is 0 Å². The fourth-order valence-corrected chi connectivity index (χ4v) is 2.30. The highest BCUT2D eigenvalue weighted by Gasteiger charge is 2.31. The van der Waals surface area contributed by atoms with E-state index in [-0.39, 0.29) is 24.8 Å². The molecule has 0 radical (unpaired) electrons. The molecule has 1 aliphatic rings. The average molecular weight is 388 g/mol. The van der Waals surface area contributed by atoms with E-state index < -0.39 is 35.1 Å². The van der Waals surface area contributed by atoms with Crippen molar-refractivity contribution in [2.24, 2.45) is 0 Å². The molecule has 0 aliphatic carbocycles. The molecule has 3 rings (SSSR count). The number of alkyl halides is 3. The predicted molar refractivity (Wildman–Crippen MR) is 81.4 cm³/mol. The number of imidazole rings is 1. The van der Waals surface area contributed by atoms with Gasteiger partial charge in [0.25, 0.3) is 0 Å². The lowest BCUT2D eigenvalue weighted by Crippen LogP contribution is -2.35. The van der Waals surface area contributed by atoms with E-state index in [9.17, 15) is 28.1 Å². The molecule has 1 atom stereocenters. The Bertz CT molecular complexity index is 869. The Kier molecular flexibility index (Phi) is 4.75.